The molecule has 0 spiro atoms. The van der Waals surface area contributed by atoms with Crippen LogP contribution in [-0.2, 0) is 0 Å². The SMILES string of the molecule is c1ccc([C@H]2C[C@@H](c3ccc4c(c3)OCO4)n3ncnc3N2)cc1. The second-order valence-corrected chi connectivity index (χ2v) is 6.00. The minimum atomic E-state index is 0.100. The van der Waals surface area contributed by atoms with Crippen LogP contribution in [0.25, 0.3) is 0 Å². The maximum Gasteiger partial charge on any atom is 0.231 e. The normalized spacial score (nSPS) is 21.2. The molecule has 2 aliphatic rings. The molecule has 2 aromatic carbocycles. The van der Waals surface area contributed by atoms with Gasteiger partial charge in [-0.15, -0.1) is 0 Å². The summed E-state index contributed by atoms with van der Waals surface area (Å²) in [6, 6.07) is 16.8. The summed E-state index contributed by atoms with van der Waals surface area (Å²) in [7, 11) is 0. The van der Waals surface area contributed by atoms with Gasteiger partial charge in [-0.3, -0.25) is 0 Å². The number of benzene rings is 2. The number of hydrogen-bond donors (Lipinski definition) is 1. The van der Waals surface area contributed by atoms with Crippen LogP contribution in [0.1, 0.15) is 29.6 Å². The van der Waals surface area contributed by atoms with Crippen LogP contribution in [0.15, 0.2) is 54.9 Å². The molecular formula is C18H16N4O2. The molecule has 120 valence electrons. The molecule has 0 unspecified atom stereocenters. The minimum absolute atomic E-state index is 0.100. The molecule has 2 aliphatic heterocycles. The third kappa shape index (κ3) is 2.11. The fourth-order valence-electron chi connectivity index (χ4n) is 3.42. The molecule has 6 nitrogen and oxygen atoms in total. The van der Waals surface area contributed by atoms with Crippen molar-refractivity contribution in [3.8, 4) is 11.5 Å². The smallest absolute Gasteiger partial charge is 0.231 e. The number of ether oxygens (including phenoxy) is 2. The van der Waals surface area contributed by atoms with E-state index in [1.54, 1.807) is 6.33 Å². The predicted molar refractivity (Wildman–Crippen MR) is 88.1 cm³/mol. The lowest BCUT2D eigenvalue weighted by Gasteiger charge is -2.31. The Hall–Kier alpha value is -3.02. The van der Waals surface area contributed by atoms with Gasteiger partial charge in [-0.05, 0) is 29.7 Å². The summed E-state index contributed by atoms with van der Waals surface area (Å²) < 4.78 is 12.9. The Balaban J connectivity index is 1.55. The van der Waals surface area contributed by atoms with Gasteiger partial charge < -0.3 is 14.8 Å². The highest BCUT2D eigenvalue weighted by Crippen LogP contribution is 2.40. The molecule has 1 aromatic heterocycles. The van der Waals surface area contributed by atoms with Gasteiger partial charge in [0.1, 0.15) is 6.33 Å². The lowest BCUT2D eigenvalue weighted by Crippen LogP contribution is -2.28. The van der Waals surface area contributed by atoms with Gasteiger partial charge in [-0.2, -0.15) is 10.1 Å². The summed E-state index contributed by atoms with van der Waals surface area (Å²) >= 11 is 0. The minimum Gasteiger partial charge on any atom is -0.454 e. The summed E-state index contributed by atoms with van der Waals surface area (Å²) in [4.78, 5) is 4.37. The molecule has 3 aromatic rings. The molecule has 6 heteroatoms. The molecule has 2 atom stereocenters. The Morgan fingerprint density at radius 2 is 1.88 bits per heavy atom. The van der Waals surface area contributed by atoms with Gasteiger partial charge in [-0.1, -0.05) is 36.4 Å². The van der Waals surface area contributed by atoms with Crippen LogP contribution in [0.5, 0.6) is 11.5 Å². The number of rotatable bonds is 2. The molecule has 0 aliphatic carbocycles. The highest BCUT2D eigenvalue weighted by molar-refractivity contribution is 5.47. The van der Waals surface area contributed by atoms with Crippen LogP contribution in [0, 0.1) is 0 Å². The fourth-order valence-corrected chi connectivity index (χ4v) is 3.42. The van der Waals surface area contributed by atoms with Crippen LogP contribution < -0.4 is 14.8 Å². The summed E-state index contributed by atoms with van der Waals surface area (Å²) in [6.45, 7) is 0.284. The molecule has 24 heavy (non-hydrogen) atoms. The molecule has 0 amide bonds. The van der Waals surface area contributed by atoms with Crippen LogP contribution in [-0.4, -0.2) is 21.6 Å². The molecular weight excluding hydrogens is 304 g/mol. The first-order valence-electron chi connectivity index (χ1n) is 7.99. The second-order valence-electron chi connectivity index (χ2n) is 6.00. The van der Waals surface area contributed by atoms with E-state index >= 15 is 0 Å². The second kappa shape index (κ2) is 5.26. The summed E-state index contributed by atoms with van der Waals surface area (Å²) in [6.07, 6.45) is 2.48. The number of fused-ring (bicyclic) bond motifs is 2. The fraction of sp³-hybridized carbons (Fsp3) is 0.222. The van der Waals surface area contributed by atoms with Crippen LogP contribution in [0.2, 0.25) is 0 Å². The average molecular weight is 320 g/mol. The van der Waals surface area contributed by atoms with E-state index in [0.717, 1.165) is 29.4 Å². The molecule has 1 N–H and O–H groups in total. The number of nitrogens with zero attached hydrogens (tertiary/aromatic N) is 3. The van der Waals surface area contributed by atoms with Gasteiger partial charge in [0, 0.05) is 0 Å². The maximum atomic E-state index is 5.53. The van der Waals surface area contributed by atoms with Gasteiger partial charge >= 0.3 is 0 Å². The summed E-state index contributed by atoms with van der Waals surface area (Å²) in [5, 5.41) is 7.89. The lowest BCUT2D eigenvalue weighted by atomic mass is 9.93. The van der Waals surface area contributed by atoms with Crippen molar-refractivity contribution < 1.29 is 9.47 Å². The number of anilines is 1. The first-order valence-corrected chi connectivity index (χ1v) is 7.99. The van der Waals surface area contributed by atoms with E-state index in [-0.39, 0.29) is 18.9 Å². The Morgan fingerprint density at radius 3 is 2.79 bits per heavy atom. The van der Waals surface area contributed by atoms with Gasteiger partial charge in [0.15, 0.2) is 11.5 Å². The number of aromatic nitrogens is 3. The van der Waals surface area contributed by atoms with Crippen molar-refractivity contribution in [2.45, 2.75) is 18.5 Å². The van der Waals surface area contributed by atoms with Crippen molar-refractivity contribution >= 4 is 5.95 Å². The molecule has 0 saturated carbocycles. The molecule has 3 heterocycles. The van der Waals surface area contributed by atoms with Gasteiger partial charge in [0.2, 0.25) is 12.7 Å². The zero-order valence-corrected chi connectivity index (χ0v) is 12.9. The number of nitrogens with one attached hydrogen (secondary N) is 1. The van der Waals surface area contributed by atoms with Gasteiger partial charge in [0.05, 0.1) is 12.1 Å². The Morgan fingerprint density at radius 1 is 1.00 bits per heavy atom. The largest absolute Gasteiger partial charge is 0.454 e. The first-order chi connectivity index (χ1) is 11.9. The number of hydrogen-bond acceptors (Lipinski definition) is 5. The first kappa shape index (κ1) is 13.4. The highest BCUT2D eigenvalue weighted by atomic mass is 16.7. The van der Waals surface area contributed by atoms with Crippen LogP contribution in [0.3, 0.4) is 0 Å². The average Bonchev–Trinajstić information content (AvgIpc) is 3.29. The molecule has 0 fully saturated rings. The van der Waals surface area contributed by atoms with E-state index in [1.807, 2.05) is 22.9 Å². The topological polar surface area (TPSA) is 61.2 Å². The van der Waals surface area contributed by atoms with Crippen molar-refractivity contribution in [2.75, 3.05) is 12.1 Å². The zero-order valence-electron chi connectivity index (χ0n) is 12.9. The third-order valence-corrected chi connectivity index (χ3v) is 4.61. The van der Waals surface area contributed by atoms with Crippen molar-refractivity contribution in [1.29, 1.82) is 0 Å². The summed E-state index contributed by atoms with van der Waals surface area (Å²) in [5.74, 6) is 2.38. The Labute approximate surface area is 139 Å². The third-order valence-electron chi connectivity index (χ3n) is 4.61. The molecule has 0 radical (unpaired) electrons. The van der Waals surface area contributed by atoms with Crippen LogP contribution >= 0.6 is 0 Å². The maximum absolute atomic E-state index is 5.53. The Bertz CT molecular complexity index is 878. The summed E-state index contributed by atoms with van der Waals surface area (Å²) in [5.41, 5.74) is 2.39. The van der Waals surface area contributed by atoms with Gasteiger partial charge in [0.25, 0.3) is 0 Å². The van der Waals surface area contributed by atoms with Crippen molar-refractivity contribution in [1.82, 2.24) is 14.8 Å². The highest BCUT2D eigenvalue weighted by Gasteiger charge is 2.30. The van der Waals surface area contributed by atoms with E-state index in [4.69, 9.17) is 9.47 Å². The van der Waals surface area contributed by atoms with E-state index < -0.39 is 0 Å². The molecule has 0 bridgehead atoms. The predicted octanol–water partition coefficient (Wildman–Crippen LogP) is 3.15. The quantitative estimate of drug-likeness (QED) is 0.786. The van der Waals surface area contributed by atoms with E-state index in [0.29, 0.717) is 0 Å². The van der Waals surface area contributed by atoms with E-state index in [9.17, 15) is 0 Å². The van der Waals surface area contributed by atoms with Gasteiger partial charge in [-0.25, -0.2) is 4.68 Å². The zero-order chi connectivity index (χ0) is 15.9. The lowest BCUT2D eigenvalue weighted by molar-refractivity contribution is 0.174. The van der Waals surface area contributed by atoms with Crippen molar-refractivity contribution in [3.63, 3.8) is 0 Å². The molecule has 0 saturated heterocycles. The van der Waals surface area contributed by atoms with E-state index in [1.165, 1.54) is 5.56 Å². The van der Waals surface area contributed by atoms with Crippen molar-refractivity contribution in [3.05, 3.63) is 66.0 Å². The van der Waals surface area contributed by atoms with Crippen molar-refractivity contribution in [2.24, 2.45) is 0 Å². The van der Waals surface area contributed by atoms with Crippen LogP contribution in [0.4, 0.5) is 5.95 Å². The molecule has 5 rings (SSSR count). The van der Waals surface area contributed by atoms with E-state index in [2.05, 4.69) is 45.7 Å². The monoisotopic (exact) mass is 320 g/mol. The standard InChI is InChI=1S/C18H16N4O2/c1-2-4-12(5-3-1)14-9-15(22-18(21-14)19-10-20-22)13-6-7-16-17(8-13)24-11-23-16/h1-8,10,14-15H,9,11H2,(H,19,20,21)/t14-,15+/m1/s1. The Kier molecular flexibility index (Phi) is 2.94.